The van der Waals surface area contributed by atoms with Crippen molar-refractivity contribution in [3.63, 3.8) is 0 Å². The van der Waals surface area contributed by atoms with Gasteiger partial charge in [0.25, 0.3) is 0 Å². The van der Waals surface area contributed by atoms with Gasteiger partial charge in [-0.2, -0.15) is 0 Å². The molecule has 0 spiro atoms. The Kier molecular flexibility index (Phi) is 12.0. The summed E-state index contributed by atoms with van der Waals surface area (Å²) >= 11 is 0. The fraction of sp³-hybridized carbons (Fsp3) is 0.684. The molecule has 1 aromatic carbocycles. The first-order valence-electron chi connectivity index (χ1n) is 9.12. The normalized spacial score (nSPS) is 17.4. The van der Waals surface area contributed by atoms with E-state index in [4.69, 9.17) is 5.73 Å². The molecule has 0 fully saturated rings. The average Bonchev–Trinajstić information content (AvgIpc) is 2.56. The van der Waals surface area contributed by atoms with Gasteiger partial charge in [-0.05, 0) is 50.3 Å². The van der Waals surface area contributed by atoms with Gasteiger partial charge in [-0.25, -0.2) is 0 Å². The van der Waals surface area contributed by atoms with E-state index >= 15 is 0 Å². The summed E-state index contributed by atoms with van der Waals surface area (Å²) < 4.78 is 0. The molecule has 2 atom stereocenters. The van der Waals surface area contributed by atoms with Crippen LogP contribution in [0.3, 0.4) is 0 Å². The van der Waals surface area contributed by atoms with Crippen molar-refractivity contribution in [2.75, 3.05) is 6.54 Å². The molecule has 0 bridgehead atoms. The third-order valence-corrected chi connectivity index (χ3v) is 5.02. The van der Waals surface area contributed by atoms with Crippen LogP contribution < -0.4 is 5.73 Å². The van der Waals surface area contributed by atoms with Crippen LogP contribution in [0.4, 0.5) is 0 Å². The van der Waals surface area contributed by atoms with Crippen molar-refractivity contribution in [3.8, 4) is 11.5 Å². The lowest BCUT2D eigenvalue weighted by Crippen LogP contribution is -2.50. The van der Waals surface area contributed by atoms with Gasteiger partial charge in [0.15, 0.2) is 11.5 Å². The molecule has 4 N–H and O–H groups in total. The van der Waals surface area contributed by atoms with Crippen LogP contribution in [0.5, 0.6) is 11.5 Å². The minimum Gasteiger partial charge on any atom is -0.504 e. The van der Waals surface area contributed by atoms with E-state index < -0.39 is 0 Å². The molecule has 0 radical (unpaired) electrons. The van der Waals surface area contributed by atoms with E-state index in [1.807, 2.05) is 6.07 Å². The topological polar surface area (TPSA) is 69.7 Å². The van der Waals surface area contributed by atoms with Crippen LogP contribution in [0.1, 0.15) is 63.5 Å². The SMILES string of the molecule is Br.Br.CCCCCC(N)N(CCC)C1CCc2c(ccc(O)c2O)C1. The Morgan fingerprint density at radius 1 is 1.16 bits per heavy atom. The number of benzene rings is 1. The quantitative estimate of drug-likeness (QED) is 0.286. The highest BCUT2D eigenvalue weighted by Crippen LogP contribution is 2.37. The van der Waals surface area contributed by atoms with Gasteiger partial charge in [0, 0.05) is 11.6 Å². The molecule has 146 valence electrons. The summed E-state index contributed by atoms with van der Waals surface area (Å²) in [6, 6.07) is 3.98. The van der Waals surface area contributed by atoms with Gasteiger partial charge in [0.05, 0.1) is 6.17 Å². The molecule has 4 nitrogen and oxygen atoms in total. The third kappa shape index (κ3) is 6.42. The molecule has 1 aliphatic rings. The van der Waals surface area contributed by atoms with Crippen molar-refractivity contribution >= 4 is 34.0 Å². The third-order valence-electron chi connectivity index (χ3n) is 5.02. The summed E-state index contributed by atoms with van der Waals surface area (Å²) in [5.41, 5.74) is 8.55. The van der Waals surface area contributed by atoms with Crippen LogP contribution in [0.15, 0.2) is 12.1 Å². The largest absolute Gasteiger partial charge is 0.504 e. The maximum absolute atomic E-state index is 10.0. The minimum atomic E-state index is -0.0103. The van der Waals surface area contributed by atoms with Crippen molar-refractivity contribution in [2.45, 2.75) is 77.4 Å². The number of phenolic OH excluding ortho intramolecular Hbond substituents is 2. The number of unbranched alkanes of at least 4 members (excludes halogenated alkanes) is 2. The highest BCUT2D eigenvalue weighted by molar-refractivity contribution is 8.93. The highest BCUT2D eigenvalue weighted by Gasteiger charge is 2.28. The monoisotopic (exact) mass is 480 g/mol. The van der Waals surface area contributed by atoms with Gasteiger partial charge in [-0.1, -0.05) is 39.2 Å². The average molecular weight is 482 g/mol. The first-order valence-corrected chi connectivity index (χ1v) is 9.12. The number of nitrogens with two attached hydrogens (primary N) is 1. The second kappa shape index (κ2) is 12.2. The van der Waals surface area contributed by atoms with Crippen molar-refractivity contribution in [3.05, 3.63) is 23.3 Å². The van der Waals surface area contributed by atoms with E-state index in [9.17, 15) is 10.2 Å². The molecular weight excluding hydrogens is 448 g/mol. The lowest BCUT2D eigenvalue weighted by Gasteiger charge is -2.39. The van der Waals surface area contributed by atoms with Crippen molar-refractivity contribution in [2.24, 2.45) is 5.73 Å². The summed E-state index contributed by atoms with van der Waals surface area (Å²) in [6.45, 7) is 5.44. The van der Waals surface area contributed by atoms with Crippen LogP contribution >= 0.6 is 34.0 Å². The van der Waals surface area contributed by atoms with Gasteiger partial charge < -0.3 is 15.9 Å². The van der Waals surface area contributed by atoms with Crippen LogP contribution in [-0.2, 0) is 12.8 Å². The van der Waals surface area contributed by atoms with Crippen LogP contribution in [0, 0.1) is 0 Å². The summed E-state index contributed by atoms with van der Waals surface area (Å²) in [4.78, 5) is 2.46. The molecule has 1 aliphatic carbocycles. The molecule has 6 heteroatoms. The van der Waals surface area contributed by atoms with Gasteiger partial charge in [0.2, 0.25) is 0 Å². The fourth-order valence-electron chi connectivity index (χ4n) is 3.73. The molecule has 25 heavy (non-hydrogen) atoms. The van der Waals surface area contributed by atoms with Crippen LogP contribution in [0.2, 0.25) is 0 Å². The molecule has 0 aliphatic heterocycles. The second-order valence-corrected chi connectivity index (χ2v) is 6.77. The van der Waals surface area contributed by atoms with Crippen LogP contribution in [-0.4, -0.2) is 33.9 Å². The summed E-state index contributed by atoms with van der Waals surface area (Å²) in [5.74, 6) is 0.0547. The Bertz CT molecular complexity index is 514. The Morgan fingerprint density at radius 2 is 1.88 bits per heavy atom. The number of nitrogens with zero attached hydrogens (tertiary/aromatic N) is 1. The van der Waals surface area contributed by atoms with Gasteiger partial charge in [-0.15, -0.1) is 34.0 Å². The number of fused-ring (bicyclic) bond motifs is 1. The first kappa shape index (κ1) is 24.7. The lowest BCUT2D eigenvalue weighted by molar-refractivity contribution is 0.115. The molecule has 2 rings (SSSR count). The standard InChI is InChI=1S/C19H32N2O2.2BrH/c1-3-5-6-7-18(20)21(12-4-2)15-9-10-16-14(13-15)8-11-17(22)19(16)23;;/h8,11,15,18,22-23H,3-7,9-10,12-13,20H2,1-2H3;2*1H. The number of hydrogen-bond donors (Lipinski definition) is 3. The summed E-state index contributed by atoms with van der Waals surface area (Å²) in [7, 11) is 0. The van der Waals surface area contributed by atoms with Crippen molar-refractivity contribution in [1.29, 1.82) is 0 Å². The van der Waals surface area contributed by atoms with Crippen molar-refractivity contribution < 1.29 is 10.2 Å². The molecular formula is C19H34Br2N2O2. The second-order valence-electron chi connectivity index (χ2n) is 6.77. The van der Waals surface area contributed by atoms with Crippen molar-refractivity contribution in [1.82, 2.24) is 4.90 Å². The van der Waals surface area contributed by atoms with Gasteiger partial charge >= 0.3 is 0 Å². The summed E-state index contributed by atoms with van der Waals surface area (Å²) in [6.07, 6.45) is 8.64. The molecule has 0 heterocycles. The number of rotatable bonds is 8. The van der Waals surface area contributed by atoms with E-state index in [0.717, 1.165) is 49.8 Å². The fourth-order valence-corrected chi connectivity index (χ4v) is 3.73. The highest BCUT2D eigenvalue weighted by atomic mass is 79.9. The van der Waals surface area contributed by atoms with Gasteiger partial charge in [0.1, 0.15) is 0 Å². The molecule has 0 saturated heterocycles. The number of hydrogen-bond acceptors (Lipinski definition) is 4. The number of aromatic hydroxyl groups is 2. The van der Waals surface area contributed by atoms with E-state index in [2.05, 4.69) is 18.7 Å². The maximum Gasteiger partial charge on any atom is 0.160 e. The minimum absolute atomic E-state index is 0. The first-order chi connectivity index (χ1) is 11.1. The molecule has 1 aromatic rings. The maximum atomic E-state index is 10.0. The Balaban J connectivity index is 0.00000288. The predicted octanol–water partition coefficient (Wildman–Crippen LogP) is 4.69. The zero-order valence-corrected chi connectivity index (χ0v) is 18.8. The molecule has 2 unspecified atom stereocenters. The molecule has 0 amide bonds. The Morgan fingerprint density at radius 3 is 2.52 bits per heavy atom. The van der Waals surface area contributed by atoms with E-state index in [1.54, 1.807) is 6.07 Å². The Labute approximate surface area is 173 Å². The lowest BCUT2D eigenvalue weighted by atomic mass is 9.86. The smallest absolute Gasteiger partial charge is 0.160 e. The molecule has 0 saturated carbocycles. The number of halogens is 2. The zero-order valence-electron chi connectivity index (χ0n) is 15.4. The van der Waals surface area contributed by atoms with E-state index in [0.29, 0.717) is 6.04 Å². The van der Waals surface area contributed by atoms with E-state index in [-0.39, 0.29) is 51.6 Å². The zero-order chi connectivity index (χ0) is 16.8. The summed E-state index contributed by atoms with van der Waals surface area (Å²) in [5, 5.41) is 19.7. The Hall–Kier alpha value is -0.300. The molecule has 0 aromatic heterocycles. The number of phenols is 2. The van der Waals surface area contributed by atoms with Crippen LogP contribution in [0.25, 0.3) is 0 Å². The van der Waals surface area contributed by atoms with Gasteiger partial charge in [-0.3, -0.25) is 4.90 Å². The van der Waals surface area contributed by atoms with E-state index in [1.165, 1.54) is 19.3 Å². The predicted molar refractivity (Wildman–Crippen MR) is 115 cm³/mol.